The topological polar surface area (TPSA) is 48.0 Å². The third-order valence-electron chi connectivity index (χ3n) is 6.30. The third kappa shape index (κ3) is 5.67. The van der Waals surface area contributed by atoms with Gasteiger partial charge in [-0.2, -0.15) is 0 Å². The Morgan fingerprint density at radius 2 is 1.88 bits per heavy atom. The molecule has 0 aromatic heterocycles. The van der Waals surface area contributed by atoms with Gasteiger partial charge in [0.05, 0.1) is 31.0 Å². The molecule has 1 saturated carbocycles. The van der Waals surface area contributed by atoms with E-state index in [-0.39, 0.29) is 17.8 Å². The van der Waals surface area contributed by atoms with E-state index in [1.807, 2.05) is 13.8 Å². The van der Waals surface area contributed by atoms with Crippen LogP contribution in [0.1, 0.15) is 71.6 Å². The van der Waals surface area contributed by atoms with Crippen molar-refractivity contribution in [1.29, 1.82) is 0 Å². The van der Waals surface area contributed by atoms with Gasteiger partial charge in [-0.1, -0.05) is 12.8 Å². The van der Waals surface area contributed by atoms with Gasteiger partial charge in [0.2, 0.25) is 5.91 Å². The number of ether oxygens (including phenoxy) is 3. The summed E-state index contributed by atoms with van der Waals surface area (Å²) in [7, 11) is 0. The fourth-order valence-electron chi connectivity index (χ4n) is 4.73. The van der Waals surface area contributed by atoms with Crippen molar-refractivity contribution in [3.05, 3.63) is 0 Å². The molecule has 3 aliphatic rings. The molecule has 0 N–H and O–H groups in total. The van der Waals surface area contributed by atoms with E-state index >= 15 is 0 Å². The summed E-state index contributed by atoms with van der Waals surface area (Å²) in [6, 6.07) is 0. The molecule has 1 amide bonds. The van der Waals surface area contributed by atoms with E-state index in [2.05, 4.69) is 4.90 Å². The normalized spacial score (nSPS) is 26.7. The SMILES string of the molecule is CC(C)OCCOC1CCOC2(CCN(C(=O)CC3CCCC3)CC2)C1. The number of amides is 1. The van der Waals surface area contributed by atoms with Gasteiger partial charge in [0.15, 0.2) is 0 Å². The number of hydrogen-bond acceptors (Lipinski definition) is 4. The molecule has 3 fully saturated rings. The highest BCUT2D eigenvalue weighted by Crippen LogP contribution is 2.37. The maximum atomic E-state index is 12.6. The van der Waals surface area contributed by atoms with Gasteiger partial charge in [-0.25, -0.2) is 0 Å². The Morgan fingerprint density at radius 1 is 1.15 bits per heavy atom. The molecule has 1 unspecified atom stereocenters. The average Bonchev–Trinajstić information content (AvgIpc) is 3.12. The molecule has 2 saturated heterocycles. The van der Waals surface area contributed by atoms with Crippen LogP contribution in [0.15, 0.2) is 0 Å². The Labute approximate surface area is 158 Å². The summed E-state index contributed by atoms with van der Waals surface area (Å²) in [5, 5.41) is 0. The Hall–Kier alpha value is -0.650. The quantitative estimate of drug-likeness (QED) is 0.646. The molecule has 0 aromatic rings. The third-order valence-corrected chi connectivity index (χ3v) is 6.30. The molecular formula is C21H37NO4. The number of nitrogens with zero attached hydrogens (tertiary/aromatic N) is 1. The van der Waals surface area contributed by atoms with Crippen molar-refractivity contribution in [3.63, 3.8) is 0 Å². The van der Waals surface area contributed by atoms with Crippen LogP contribution in [0.5, 0.6) is 0 Å². The highest BCUT2D eigenvalue weighted by atomic mass is 16.5. The van der Waals surface area contributed by atoms with Gasteiger partial charge >= 0.3 is 0 Å². The lowest BCUT2D eigenvalue weighted by Crippen LogP contribution is -2.52. The summed E-state index contributed by atoms with van der Waals surface area (Å²) in [6.45, 7) is 7.86. The zero-order valence-electron chi connectivity index (χ0n) is 16.7. The predicted molar refractivity (Wildman–Crippen MR) is 101 cm³/mol. The molecule has 3 rings (SSSR count). The Balaban J connectivity index is 1.40. The molecule has 0 aromatic carbocycles. The lowest BCUT2D eigenvalue weighted by atomic mass is 9.83. The number of rotatable bonds is 7. The fourth-order valence-corrected chi connectivity index (χ4v) is 4.73. The largest absolute Gasteiger partial charge is 0.376 e. The van der Waals surface area contributed by atoms with Crippen molar-refractivity contribution in [2.45, 2.75) is 89.4 Å². The van der Waals surface area contributed by atoms with Crippen LogP contribution in [-0.2, 0) is 19.0 Å². The minimum absolute atomic E-state index is 0.0774. The van der Waals surface area contributed by atoms with Crippen molar-refractivity contribution < 1.29 is 19.0 Å². The average molecular weight is 368 g/mol. The second-order valence-electron chi connectivity index (χ2n) is 8.67. The van der Waals surface area contributed by atoms with Crippen LogP contribution in [0.25, 0.3) is 0 Å². The molecule has 5 heteroatoms. The van der Waals surface area contributed by atoms with Gasteiger partial charge in [-0.15, -0.1) is 0 Å². The lowest BCUT2D eigenvalue weighted by molar-refractivity contribution is -0.164. The summed E-state index contributed by atoms with van der Waals surface area (Å²) in [6.07, 6.45) is 10.2. The molecule has 150 valence electrons. The summed E-state index contributed by atoms with van der Waals surface area (Å²) in [4.78, 5) is 14.6. The number of carbonyl (C=O) groups excluding carboxylic acids is 1. The van der Waals surface area contributed by atoms with Crippen LogP contribution < -0.4 is 0 Å². The minimum Gasteiger partial charge on any atom is -0.376 e. The summed E-state index contributed by atoms with van der Waals surface area (Å²) in [5.74, 6) is 0.997. The van der Waals surface area contributed by atoms with E-state index in [0.29, 0.717) is 25.0 Å². The van der Waals surface area contributed by atoms with Crippen molar-refractivity contribution in [3.8, 4) is 0 Å². The van der Waals surface area contributed by atoms with Crippen LogP contribution in [0.4, 0.5) is 0 Å². The second-order valence-corrected chi connectivity index (χ2v) is 8.67. The molecule has 26 heavy (non-hydrogen) atoms. The number of likely N-dealkylation sites (tertiary alicyclic amines) is 1. The predicted octanol–water partition coefficient (Wildman–Crippen LogP) is 3.55. The number of hydrogen-bond donors (Lipinski definition) is 0. The van der Waals surface area contributed by atoms with Gasteiger partial charge in [0.25, 0.3) is 0 Å². The molecule has 1 spiro atoms. The zero-order valence-corrected chi connectivity index (χ0v) is 16.7. The van der Waals surface area contributed by atoms with E-state index in [1.54, 1.807) is 0 Å². The van der Waals surface area contributed by atoms with Gasteiger partial charge < -0.3 is 19.1 Å². The van der Waals surface area contributed by atoms with E-state index < -0.39 is 0 Å². The first-order valence-corrected chi connectivity index (χ1v) is 10.7. The monoisotopic (exact) mass is 367 g/mol. The summed E-state index contributed by atoms with van der Waals surface area (Å²) < 4.78 is 17.8. The smallest absolute Gasteiger partial charge is 0.222 e. The highest BCUT2D eigenvalue weighted by molar-refractivity contribution is 5.76. The number of piperidine rings is 1. The van der Waals surface area contributed by atoms with Gasteiger partial charge in [0, 0.05) is 32.5 Å². The molecule has 5 nitrogen and oxygen atoms in total. The lowest BCUT2D eigenvalue weighted by Gasteiger charge is -2.46. The maximum Gasteiger partial charge on any atom is 0.222 e. The van der Waals surface area contributed by atoms with Crippen molar-refractivity contribution >= 4 is 5.91 Å². The second kappa shape index (κ2) is 9.52. The zero-order chi connectivity index (χ0) is 18.4. The minimum atomic E-state index is -0.0774. The summed E-state index contributed by atoms with van der Waals surface area (Å²) in [5.41, 5.74) is -0.0774. The molecule has 2 heterocycles. The van der Waals surface area contributed by atoms with E-state index in [0.717, 1.165) is 51.8 Å². The van der Waals surface area contributed by atoms with E-state index in [4.69, 9.17) is 14.2 Å². The van der Waals surface area contributed by atoms with E-state index in [1.165, 1.54) is 25.7 Å². The van der Waals surface area contributed by atoms with E-state index in [9.17, 15) is 4.79 Å². The van der Waals surface area contributed by atoms with Gasteiger partial charge in [0.1, 0.15) is 0 Å². The molecule has 1 atom stereocenters. The van der Waals surface area contributed by atoms with Crippen LogP contribution >= 0.6 is 0 Å². The van der Waals surface area contributed by atoms with Crippen molar-refractivity contribution in [2.75, 3.05) is 32.9 Å². The fraction of sp³-hybridized carbons (Fsp3) is 0.952. The standard InChI is InChI=1S/C21H37NO4/c1-17(2)24-13-14-25-19-7-12-26-21(16-19)8-10-22(11-9-21)20(23)15-18-5-3-4-6-18/h17-19H,3-16H2,1-2H3. The summed E-state index contributed by atoms with van der Waals surface area (Å²) >= 11 is 0. The Bertz CT molecular complexity index is 439. The van der Waals surface area contributed by atoms with Crippen LogP contribution in [-0.4, -0.2) is 61.5 Å². The van der Waals surface area contributed by atoms with Crippen molar-refractivity contribution in [1.82, 2.24) is 4.90 Å². The molecule has 1 aliphatic carbocycles. The van der Waals surface area contributed by atoms with Gasteiger partial charge in [-0.05, 0) is 51.9 Å². The van der Waals surface area contributed by atoms with Gasteiger partial charge in [-0.3, -0.25) is 4.79 Å². The molecule has 0 bridgehead atoms. The Kier molecular flexibility index (Phi) is 7.35. The Morgan fingerprint density at radius 3 is 2.58 bits per heavy atom. The molecule has 0 radical (unpaired) electrons. The van der Waals surface area contributed by atoms with Crippen LogP contribution in [0, 0.1) is 5.92 Å². The molecular weight excluding hydrogens is 330 g/mol. The van der Waals surface area contributed by atoms with Crippen LogP contribution in [0.2, 0.25) is 0 Å². The van der Waals surface area contributed by atoms with Crippen LogP contribution in [0.3, 0.4) is 0 Å². The number of carbonyl (C=O) groups is 1. The first kappa shape index (κ1) is 20.1. The van der Waals surface area contributed by atoms with Crippen molar-refractivity contribution in [2.24, 2.45) is 5.92 Å². The first-order valence-electron chi connectivity index (χ1n) is 10.7. The molecule has 2 aliphatic heterocycles. The highest BCUT2D eigenvalue weighted by Gasteiger charge is 2.41. The maximum absolute atomic E-state index is 12.6. The first-order chi connectivity index (χ1) is 12.6.